The van der Waals surface area contributed by atoms with E-state index in [9.17, 15) is 4.79 Å². The Bertz CT molecular complexity index is 922. The molecule has 0 spiro atoms. The third-order valence-corrected chi connectivity index (χ3v) is 5.13. The molecule has 1 aliphatic rings. The second-order valence-electron chi connectivity index (χ2n) is 7.04. The van der Waals surface area contributed by atoms with Crippen LogP contribution in [0.1, 0.15) is 24.7 Å². The molecule has 8 nitrogen and oxygen atoms in total. The lowest BCUT2D eigenvalue weighted by Gasteiger charge is -2.36. The van der Waals surface area contributed by atoms with Crippen molar-refractivity contribution in [3.63, 3.8) is 0 Å². The van der Waals surface area contributed by atoms with Gasteiger partial charge in [0.25, 0.3) is 0 Å². The summed E-state index contributed by atoms with van der Waals surface area (Å²) in [6.45, 7) is 0.886. The van der Waals surface area contributed by atoms with Gasteiger partial charge >= 0.3 is 6.03 Å². The topological polar surface area (TPSA) is 95.2 Å². The smallest absolute Gasteiger partial charge is 0.319 e. The average Bonchev–Trinajstić information content (AvgIpc) is 3.14. The van der Waals surface area contributed by atoms with E-state index in [1.165, 1.54) is 0 Å². The summed E-state index contributed by atoms with van der Waals surface area (Å²) in [4.78, 5) is 26.9. The van der Waals surface area contributed by atoms with E-state index in [4.69, 9.17) is 9.72 Å². The van der Waals surface area contributed by atoms with E-state index in [1.54, 1.807) is 25.4 Å². The zero-order valence-corrected chi connectivity index (χ0v) is 16.0. The molecule has 0 bridgehead atoms. The number of piperidine rings is 1. The van der Waals surface area contributed by atoms with Crippen molar-refractivity contribution in [2.45, 2.75) is 24.9 Å². The molecule has 4 rings (SSSR count). The summed E-state index contributed by atoms with van der Waals surface area (Å²) in [6.07, 6.45) is 3.26. The van der Waals surface area contributed by atoms with Crippen LogP contribution in [0, 0.1) is 0 Å². The number of H-pyrrole nitrogens is 1. The molecular formula is C20H24N6O2. The largest absolute Gasteiger partial charge is 0.481 e. The van der Waals surface area contributed by atoms with Gasteiger partial charge in [-0.25, -0.2) is 14.8 Å². The fraction of sp³-hybridized carbons (Fsp3) is 0.350. The van der Waals surface area contributed by atoms with Gasteiger partial charge in [-0.2, -0.15) is 0 Å². The summed E-state index contributed by atoms with van der Waals surface area (Å²) in [6, 6.07) is 11.5. The Balaban J connectivity index is 1.40. The molecule has 1 aliphatic heterocycles. The summed E-state index contributed by atoms with van der Waals surface area (Å²) in [5, 5.41) is 5.90. The molecule has 1 saturated heterocycles. The summed E-state index contributed by atoms with van der Waals surface area (Å²) in [7, 11) is 3.65. The molecule has 3 heterocycles. The van der Waals surface area contributed by atoms with Crippen LogP contribution in [0.3, 0.4) is 0 Å². The maximum absolute atomic E-state index is 12.4. The molecule has 8 heteroatoms. The summed E-state index contributed by atoms with van der Waals surface area (Å²) < 4.78 is 5.03. The van der Waals surface area contributed by atoms with Crippen LogP contribution in [0.2, 0.25) is 0 Å². The molecule has 146 valence electrons. The summed E-state index contributed by atoms with van der Waals surface area (Å²) >= 11 is 0. The third kappa shape index (κ3) is 3.91. The van der Waals surface area contributed by atoms with Gasteiger partial charge in [0, 0.05) is 18.7 Å². The standard InChI is InChI=1S/C20H24N6O2/c1-26-10-9-13(22-20(27)23-14-7-8-18(28-2)21-12-14)11-17(26)19-24-15-5-3-4-6-16(15)25-19/h3-8,12-13,17H,9-11H2,1-2H3,(H,24,25)(H2,22,23,27)/t13-,17-/m1/s1. The van der Waals surface area contributed by atoms with E-state index in [2.05, 4.69) is 32.5 Å². The molecule has 0 radical (unpaired) electrons. The normalized spacial score (nSPS) is 20.1. The van der Waals surface area contributed by atoms with Crippen molar-refractivity contribution in [2.75, 3.05) is 26.0 Å². The van der Waals surface area contributed by atoms with Crippen molar-refractivity contribution in [3.8, 4) is 5.88 Å². The number of carbonyl (C=O) groups is 1. The minimum atomic E-state index is -0.232. The molecule has 3 aromatic rings. The number of aromatic amines is 1. The lowest BCUT2D eigenvalue weighted by Crippen LogP contribution is -2.46. The Kier molecular flexibility index (Phi) is 5.12. The molecular weight excluding hydrogens is 356 g/mol. The van der Waals surface area contributed by atoms with Crippen LogP contribution < -0.4 is 15.4 Å². The van der Waals surface area contributed by atoms with Gasteiger partial charge in [0.2, 0.25) is 5.88 Å². The number of pyridine rings is 1. The third-order valence-electron chi connectivity index (χ3n) is 5.13. The van der Waals surface area contributed by atoms with E-state index in [0.29, 0.717) is 11.6 Å². The molecule has 0 saturated carbocycles. The van der Waals surface area contributed by atoms with Crippen molar-refractivity contribution in [1.29, 1.82) is 0 Å². The number of aromatic nitrogens is 3. The van der Waals surface area contributed by atoms with Gasteiger partial charge in [0.05, 0.1) is 36.1 Å². The van der Waals surface area contributed by atoms with E-state index >= 15 is 0 Å². The highest BCUT2D eigenvalue weighted by Gasteiger charge is 2.30. The van der Waals surface area contributed by atoms with E-state index in [-0.39, 0.29) is 18.1 Å². The number of urea groups is 1. The maximum atomic E-state index is 12.4. The number of anilines is 1. The average molecular weight is 380 g/mol. The quantitative estimate of drug-likeness (QED) is 0.647. The van der Waals surface area contributed by atoms with Crippen LogP contribution in [0.4, 0.5) is 10.5 Å². The van der Waals surface area contributed by atoms with E-state index < -0.39 is 0 Å². The number of hydrogen-bond donors (Lipinski definition) is 3. The van der Waals surface area contributed by atoms with Crippen LogP contribution in [-0.4, -0.2) is 52.6 Å². The van der Waals surface area contributed by atoms with Gasteiger partial charge < -0.3 is 20.4 Å². The van der Waals surface area contributed by atoms with Gasteiger partial charge in [-0.1, -0.05) is 12.1 Å². The molecule has 1 aromatic carbocycles. The fourth-order valence-corrected chi connectivity index (χ4v) is 3.59. The molecule has 0 aliphatic carbocycles. The Morgan fingerprint density at radius 2 is 2.14 bits per heavy atom. The zero-order chi connectivity index (χ0) is 19.5. The number of benzene rings is 1. The molecule has 2 amide bonds. The summed E-state index contributed by atoms with van der Waals surface area (Å²) in [5.74, 6) is 1.45. The van der Waals surface area contributed by atoms with E-state index in [1.807, 2.05) is 24.3 Å². The lowest BCUT2D eigenvalue weighted by atomic mass is 9.97. The van der Waals surface area contributed by atoms with Crippen molar-refractivity contribution < 1.29 is 9.53 Å². The van der Waals surface area contributed by atoms with Gasteiger partial charge in [-0.3, -0.25) is 4.90 Å². The molecule has 1 fully saturated rings. The second-order valence-corrected chi connectivity index (χ2v) is 7.04. The number of para-hydroxylation sites is 2. The van der Waals surface area contributed by atoms with Crippen LogP contribution >= 0.6 is 0 Å². The van der Waals surface area contributed by atoms with Crippen LogP contribution in [-0.2, 0) is 0 Å². The SMILES string of the molecule is COc1ccc(NC(=O)N[C@@H]2CCN(C)[C@@H](c3nc4ccccc4[nH]3)C2)cn1. The molecule has 28 heavy (non-hydrogen) atoms. The number of nitrogens with one attached hydrogen (secondary N) is 3. The summed E-state index contributed by atoms with van der Waals surface area (Å²) in [5.41, 5.74) is 2.62. The van der Waals surface area contributed by atoms with Crippen LogP contribution in [0.15, 0.2) is 42.6 Å². The van der Waals surface area contributed by atoms with Gasteiger partial charge in [0.15, 0.2) is 0 Å². The number of fused-ring (bicyclic) bond motifs is 1. The lowest BCUT2D eigenvalue weighted by molar-refractivity contribution is 0.153. The predicted octanol–water partition coefficient (Wildman–Crippen LogP) is 2.92. The van der Waals surface area contributed by atoms with Crippen molar-refractivity contribution in [3.05, 3.63) is 48.4 Å². The predicted molar refractivity (Wildman–Crippen MR) is 107 cm³/mol. The Morgan fingerprint density at radius 3 is 2.89 bits per heavy atom. The molecule has 3 N–H and O–H groups in total. The zero-order valence-electron chi connectivity index (χ0n) is 16.0. The fourth-order valence-electron chi connectivity index (χ4n) is 3.59. The molecule has 0 unspecified atom stereocenters. The Hall–Kier alpha value is -3.13. The number of carbonyl (C=O) groups excluding carboxylic acids is 1. The number of rotatable bonds is 4. The molecule has 2 aromatic heterocycles. The van der Waals surface area contributed by atoms with E-state index in [0.717, 1.165) is 36.2 Å². The minimum absolute atomic E-state index is 0.0700. The number of methoxy groups -OCH3 is 1. The molecule has 2 atom stereocenters. The first-order valence-electron chi connectivity index (χ1n) is 9.35. The minimum Gasteiger partial charge on any atom is -0.481 e. The Morgan fingerprint density at radius 1 is 1.29 bits per heavy atom. The highest BCUT2D eigenvalue weighted by molar-refractivity contribution is 5.89. The monoisotopic (exact) mass is 380 g/mol. The first-order valence-corrected chi connectivity index (χ1v) is 9.35. The second kappa shape index (κ2) is 7.85. The van der Waals surface area contributed by atoms with Crippen LogP contribution in [0.5, 0.6) is 5.88 Å². The van der Waals surface area contributed by atoms with Crippen molar-refractivity contribution in [1.82, 2.24) is 25.2 Å². The highest BCUT2D eigenvalue weighted by Crippen LogP contribution is 2.29. The number of hydrogen-bond acceptors (Lipinski definition) is 5. The number of imidazole rings is 1. The maximum Gasteiger partial charge on any atom is 0.319 e. The van der Waals surface area contributed by atoms with Gasteiger partial charge in [0.1, 0.15) is 5.82 Å². The number of ether oxygens (including phenoxy) is 1. The van der Waals surface area contributed by atoms with Crippen LogP contribution in [0.25, 0.3) is 11.0 Å². The van der Waals surface area contributed by atoms with Gasteiger partial charge in [-0.15, -0.1) is 0 Å². The number of likely N-dealkylation sites (tertiary alicyclic amines) is 1. The first-order chi connectivity index (χ1) is 13.6. The number of nitrogens with zero attached hydrogens (tertiary/aromatic N) is 3. The number of amides is 2. The van der Waals surface area contributed by atoms with Crippen molar-refractivity contribution in [2.24, 2.45) is 0 Å². The Labute approximate surface area is 163 Å². The first kappa shape index (κ1) is 18.2. The highest BCUT2D eigenvalue weighted by atomic mass is 16.5. The van der Waals surface area contributed by atoms with Gasteiger partial charge in [-0.05, 0) is 38.1 Å². The van der Waals surface area contributed by atoms with Crippen molar-refractivity contribution >= 4 is 22.8 Å².